The summed E-state index contributed by atoms with van der Waals surface area (Å²) in [7, 11) is 0. The minimum absolute atomic E-state index is 0.170. The molecule has 1 aromatic carbocycles. The van der Waals surface area contributed by atoms with E-state index in [0.29, 0.717) is 5.69 Å². The Morgan fingerprint density at radius 3 is 2.86 bits per heavy atom. The van der Waals surface area contributed by atoms with E-state index in [1.165, 1.54) is 12.4 Å². The highest BCUT2D eigenvalue weighted by Gasteiger charge is 2.26. The third-order valence-corrected chi connectivity index (χ3v) is 3.83. The van der Waals surface area contributed by atoms with Gasteiger partial charge in [0.15, 0.2) is 0 Å². The molecule has 1 aliphatic rings. The summed E-state index contributed by atoms with van der Waals surface area (Å²) in [5, 5.41) is 8.36. The summed E-state index contributed by atoms with van der Waals surface area (Å²) in [6.45, 7) is 0.796. The Balaban J connectivity index is 1.72. The van der Waals surface area contributed by atoms with Gasteiger partial charge in [0.2, 0.25) is 0 Å². The molecule has 3 aromatic rings. The molecule has 0 aliphatic carbocycles. The van der Waals surface area contributed by atoms with Crippen LogP contribution in [-0.2, 0) is 13.0 Å². The van der Waals surface area contributed by atoms with E-state index < -0.39 is 0 Å². The highest BCUT2D eigenvalue weighted by atomic mass is 19.1. The monoisotopic (exact) mass is 284 g/mol. The Kier molecular flexibility index (Phi) is 2.77. The van der Waals surface area contributed by atoms with Crippen LogP contribution < -0.4 is 0 Å². The number of aryl methyl sites for hydroxylation is 1. The average molecular weight is 284 g/mol. The Morgan fingerprint density at radius 2 is 1.95 bits per heavy atom. The van der Waals surface area contributed by atoms with Crippen LogP contribution in [0.5, 0.6) is 0 Å². The first-order chi connectivity index (χ1) is 10.3. The number of halogens is 1. The normalized spacial score (nSPS) is 17.7. The van der Waals surface area contributed by atoms with Crippen molar-refractivity contribution in [3.8, 4) is 5.69 Å². The van der Waals surface area contributed by atoms with Gasteiger partial charge in [-0.05, 0) is 18.6 Å². The van der Waals surface area contributed by atoms with E-state index in [9.17, 15) is 4.39 Å². The zero-order chi connectivity index (χ0) is 14.2. The molecule has 7 heteroatoms. The van der Waals surface area contributed by atoms with Crippen LogP contribution in [0.1, 0.15) is 24.0 Å². The van der Waals surface area contributed by atoms with Crippen molar-refractivity contribution in [3.63, 3.8) is 0 Å². The number of hydrogen-bond acceptors (Lipinski definition) is 4. The first-order valence-electron chi connectivity index (χ1n) is 6.84. The van der Waals surface area contributed by atoms with Crippen LogP contribution in [0.3, 0.4) is 0 Å². The molecule has 1 atom stereocenters. The molecule has 1 aliphatic heterocycles. The van der Waals surface area contributed by atoms with Crippen molar-refractivity contribution in [2.24, 2.45) is 0 Å². The van der Waals surface area contributed by atoms with Gasteiger partial charge >= 0.3 is 0 Å². The van der Waals surface area contributed by atoms with Crippen LogP contribution in [0.25, 0.3) is 5.69 Å². The minimum Gasteiger partial charge on any atom is -0.250 e. The van der Waals surface area contributed by atoms with E-state index in [2.05, 4.69) is 20.2 Å². The SMILES string of the molecule is Fc1ccccc1-n1ncnc1C1CCn2ncnc2C1. The molecule has 0 saturated heterocycles. The van der Waals surface area contributed by atoms with E-state index in [4.69, 9.17) is 0 Å². The quantitative estimate of drug-likeness (QED) is 0.719. The first-order valence-corrected chi connectivity index (χ1v) is 6.84. The summed E-state index contributed by atoms with van der Waals surface area (Å²) < 4.78 is 17.5. The zero-order valence-electron chi connectivity index (χ0n) is 11.2. The summed E-state index contributed by atoms with van der Waals surface area (Å²) in [5.74, 6) is 1.58. The second-order valence-corrected chi connectivity index (χ2v) is 5.07. The second kappa shape index (κ2) is 4.76. The number of nitrogens with zero attached hydrogens (tertiary/aromatic N) is 6. The van der Waals surface area contributed by atoms with Crippen molar-refractivity contribution in [2.75, 3.05) is 0 Å². The van der Waals surface area contributed by atoms with Crippen LogP contribution in [0, 0.1) is 5.82 Å². The fourth-order valence-corrected chi connectivity index (χ4v) is 2.79. The number of para-hydroxylation sites is 1. The van der Waals surface area contributed by atoms with Crippen molar-refractivity contribution in [2.45, 2.75) is 25.3 Å². The maximum atomic E-state index is 14.0. The summed E-state index contributed by atoms with van der Waals surface area (Å²) in [5.41, 5.74) is 0.428. The lowest BCUT2D eigenvalue weighted by Crippen LogP contribution is -2.22. The third kappa shape index (κ3) is 2.01. The highest BCUT2D eigenvalue weighted by molar-refractivity contribution is 5.33. The average Bonchev–Trinajstić information content (AvgIpc) is 3.15. The molecule has 0 N–H and O–H groups in total. The van der Waals surface area contributed by atoms with Crippen molar-refractivity contribution in [1.82, 2.24) is 29.5 Å². The molecule has 2 aromatic heterocycles. The van der Waals surface area contributed by atoms with Crippen LogP contribution >= 0.6 is 0 Å². The molecule has 0 amide bonds. The van der Waals surface area contributed by atoms with E-state index in [1.54, 1.807) is 29.2 Å². The fraction of sp³-hybridized carbons (Fsp3) is 0.286. The largest absolute Gasteiger partial charge is 0.250 e. The highest BCUT2D eigenvalue weighted by Crippen LogP contribution is 2.28. The van der Waals surface area contributed by atoms with Gasteiger partial charge < -0.3 is 0 Å². The molecular weight excluding hydrogens is 271 g/mol. The Bertz CT molecular complexity index is 777. The smallest absolute Gasteiger partial charge is 0.148 e. The van der Waals surface area contributed by atoms with E-state index in [1.807, 2.05) is 4.68 Å². The Morgan fingerprint density at radius 1 is 1.10 bits per heavy atom. The number of rotatable bonds is 2. The first kappa shape index (κ1) is 12.2. The van der Waals surface area contributed by atoms with Gasteiger partial charge in [-0.15, -0.1) is 0 Å². The Labute approximate surface area is 120 Å². The molecule has 3 heterocycles. The van der Waals surface area contributed by atoms with Gasteiger partial charge in [0, 0.05) is 18.9 Å². The lowest BCUT2D eigenvalue weighted by molar-refractivity contribution is 0.416. The summed E-state index contributed by atoms with van der Waals surface area (Å²) in [6.07, 6.45) is 4.68. The lowest BCUT2D eigenvalue weighted by atomic mass is 9.97. The molecule has 4 rings (SSSR count). The predicted octanol–water partition coefficient (Wildman–Crippen LogP) is 1.73. The van der Waals surface area contributed by atoms with Crippen LogP contribution in [0.2, 0.25) is 0 Å². The lowest BCUT2D eigenvalue weighted by Gasteiger charge is -2.22. The van der Waals surface area contributed by atoms with Crippen molar-refractivity contribution < 1.29 is 4.39 Å². The molecular formula is C14H13FN6. The summed E-state index contributed by atoms with van der Waals surface area (Å²) >= 11 is 0. The van der Waals surface area contributed by atoms with E-state index >= 15 is 0 Å². The van der Waals surface area contributed by atoms with Gasteiger partial charge in [0.25, 0.3) is 0 Å². The molecule has 21 heavy (non-hydrogen) atoms. The Hall–Kier alpha value is -2.57. The summed E-state index contributed by atoms with van der Waals surface area (Å²) in [6, 6.07) is 6.59. The predicted molar refractivity (Wildman–Crippen MR) is 72.4 cm³/mol. The maximum absolute atomic E-state index is 14.0. The maximum Gasteiger partial charge on any atom is 0.148 e. The van der Waals surface area contributed by atoms with Gasteiger partial charge in [0.05, 0.1) is 0 Å². The fourth-order valence-electron chi connectivity index (χ4n) is 2.79. The second-order valence-electron chi connectivity index (χ2n) is 5.07. The van der Waals surface area contributed by atoms with Crippen LogP contribution in [0.15, 0.2) is 36.9 Å². The number of hydrogen-bond donors (Lipinski definition) is 0. The molecule has 0 fully saturated rings. The molecule has 1 unspecified atom stereocenters. The van der Waals surface area contributed by atoms with Gasteiger partial charge in [-0.25, -0.2) is 19.0 Å². The minimum atomic E-state index is -0.303. The van der Waals surface area contributed by atoms with Gasteiger partial charge in [-0.2, -0.15) is 10.2 Å². The van der Waals surface area contributed by atoms with Crippen molar-refractivity contribution in [1.29, 1.82) is 0 Å². The van der Waals surface area contributed by atoms with Crippen molar-refractivity contribution in [3.05, 3.63) is 54.4 Å². The number of benzene rings is 1. The van der Waals surface area contributed by atoms with Gasteiger partial charge in [0.1, 0.15) is 35.8 Å². The number of fused-ring (bicyclic) bond motifs is 1. The van der Waals surface area contributed by atoms with Gasteiger partial charge in [-0.3, -0.25) is 4.68 Å². The molecule has 0 bridgehead atoms. The van der Waals surface area contributed by atoms with Crippen LogP contribution in [-0.4, -0.2) is 29.5 Å². The van der Waals surface area contributed by atoms with Gasteiger partial charge in [-0.1, -0.05) is 12.1 Å². The number of aromatic nitrogens is 6. The van der Waals surface area contributed by atoms with E-state index in [0.717, 1.165) is 31.0 Å². The molecule has 0 radical (unpaired) electrons. The van der Waals surface area contributed by atoms with Crippen molar-refractivity contribution >= 4 is 0 Å². The third-order valence-electron chi connectivity index (χ3n) is 3.83. The standard InChI is InChI=1S/C14H13FN6/c15-11-3-1-2-4-12(11)21-14(17-9-19-21)10-5-6-20-13(7-10)16-8-18-20/h1-4,8-10H,5-7H2. The summed E-state index contributed by atoms with van der Waals surface area (Å²) in [4.78, 5) is 8.60. The van der Waals surface area contributed by atoms with Crippen LogP contribution in [0.4, 0.5) is 4.39 Å². The zero-order valence-corrected chi connectivity index (χ0v) is 11.2. The van der Waals surface area contributed by atoms with E-state index in [-0.39, 0.29) is 11.7 Å². The molecule has 106 valence electrons. The molecule has 0 saturated carbocycles. The molecule has 0 spiro atoms. The molecule has 6 nitrogen and oxygen atoms in total. The topological polar surface area (TPSA) is 61.4 Å².